The number of benzene rings is 1. The highest BCUT2D eigenvalue weighted by molar-refractivity contribution is 5.13. The van der Waals surface area contributed by atoms with Gasteiger partial charge in [-0.2, -0.15) is 0 Å². The van der Waals surface area contributed by atoms with E-state index >= 15 is 0 Å². The maximum atomic E-state index is 2.39. The minimum atomic E-state index is 1.22. The lowest BCUT2D eigenvalue weighted by Crippen LogP contribution is -2.48. The zero-order chi connectivity index (χ0) is 16.1. The summed E-state index contributed by atoms with van der Waals surface area (Å²) in [5.74, 6) is 0. The Bertz CT molecular complexity index is 345. The van der Waals surface area contributed by atoms with Crippen LogP contribution < -0.4 is 0 Å². The van der Waals surface area contributed by atoms with Crippen LogP contribution in [0.1, 0.15) is 77.7 Å². The molecule has 0 radical (unpaired) electrons. The third-order valence-electron chi connectivity index (χ3n) is 5.00. The summed E-state index contributed by atoms with van der Waals surface area (Å²) in [5.41, 5.74) is 1.51. The van der Waals surface area contributed by atoms with Gasteiger partial charge in [0.2, 0.25) is 0 Å². The second kappa shape index (κ2) is 11.7. The van der Waals surface area contributed by atoms with E-state index in [1.54, 1.807) is 0 Å². The van der Waals surface area contributed by atoms with E-state index in [1.165, 1.54) is 87.6 Å². The molecule has 0 aliphatic carbocycles. The van der Waals surface area contributed by atoms with Gasteiger partial charge in [0.25, 0.3) is 0 Å². The second-order valence-electron chi connectivity index (χ2n) is 6.87. The molecule has 0 N–H and O–H groups in total. The van der Waals surface area contributed by atoms with Crippen molar-refractivity contribution in [3.63, 3.8) is 0 Å². The van der Waals surface area contributed by atoms with Gasteiger partial charge in [-0.25, -0.2) is 0 Å². The van der Waals surface area contributed by atoms with E-state index in [4.69, 9.17) is 0 Å². The van der Waals surface area contributed by atoms with Crippen LogP contribution in [0.2, 0.25) is 0 Å². The van der Waals surface area contributed by atoms with Crippen LogP contribution in [-0.4, -0.2) is 24.1 Å². The van der Waals surface area contributed by atoms with E-state index < -0.39 is 0 Å². The van der Waals surface area contributed by atoms with Gasteiger partial charge < -0.3 is 4.48 Å². The fourth-order valence-corrected chi connectivity index (χ4v) is 3.42. The Morgan fingerprint density at radius 1 is 0.682 bits per heavy atom. The molecule has 0 saturated heterocycles. The zero-order valence-electron chi connectivity index (χ0n) is 15.3. The average Bonchev–Trinajstić information content (AvgIpc) is 2.56. The molecule has 0 unspecified atom stereocenters. The van der Waals surface area contributed by atoms with Crippen molar-refractivity contribution < 1.29 is 4.48 Å². The van der Waals surface area contributed by atoms with E-state index in [2.05, 4.69) is 51.1 Å². The molecule has 0 saturated carbocycles. The monoisotopic (exact) mass is 304 g/mol. The van der Waals surface area contributed by atoms with Gasteiger partial charge in [0, 0.05) is 5.56 Å². The molecule has 0 aromatic heterocycles. The Morgan fingerprint density at radius 2 is 1.23 bits per heavy atom. The third kappa shape index (κ3) is 7.45. The lowest BCUT2D eigenvalue weighted by molar-refractivity contribution is -0.939. The number of nitrogens with zero attached hydrogens (tertiary/aromatic N) is 1. The SMILES string of the molecule is CCCCCC[N+](CC)(CCCCCC)Cc1ccccc1. The van der Waals surface area contributed by atoms with Crippen molar-refractivity contribution in [2.24, 2.45) is 0 Å². The van der Waals surface area contributed by atoms with E-state index in [0.717, 1.165) is 0 Å². The van der Waals surface area contributed by atoms with Crippen molar-refractivity contribution in [2.45, 2.75) is 78.7 Å². The second-order valence-corrected chi connectivity index (χ2v) is 6.87. The molecule has 0 aliphatic heterocycles. The number of hydrogen-bond donors (Lipinski definition) is 0. The zero-order valence-corrected chi connectivity index (χ0v) is 15.3. The first-order valence-electron chi connectivity index (χ1n) is 9.65. The molecule has 0 aliphatic rings. The van der Waals surface area contributed by atoms with Crippen molar-refractivity contribution in [1.82, 2.24) is 0 Å². The molecule has 1 aromatic carbocycles. The number of quaternary nitrogens is 1. The Morgan fingerprint density at radius 3 is 1.68 bits per heavy atom. The van der Waals surface area contributed by atoms with Crippen LogP contribution in [0.15, 0.2) is 30.3 Å². The molecule has 0 amide bonds. The number of rotatable bonds is 13. The summed E-state index contributed by atoms with van der Waals surface area (Å²) in [6.45, 7) is 12.2. The highest BCUT2D eigenvalue weighted by Gasteiger charge is 2.24. The normalized spacial score (nSPS) is 11.8. The van der Waals surface area contributed by atoms with Crippen LogP contribution in [0.25, 0.3) is 0 Å². The molecule has 1 nitrogen and oxygen atoms in total. The van der Waals surface area contributed by atoms with Crippen molar-refractivity contribution in [3.8, 4) is 0 Å². The van der Waals surface area contributed by atoms with Gasteiger partial charge in [0.15, 0.2) is 0 Å². The molecule has 22 heavy (non-hydrogen) atoms. The third-order valence-corrected chi connectivity index (χ3v) is 5.00. The maximum absolute atomic E-state index is 2.39. The predicted molar refractivity (Wildman–Crippen MR) is 99.0 cm³/mol. The summed E-state index contributed by atoms with van der Waals surface area (Å²) < 4.78 is 1.29. The van der Waals surface area contributed by atoms with Crippen molar-refractivity contribution in [1.29, 1.82) is 0 Å². The van der Waals surface area contributed by atoms with Crippen LogP contribution >= 0.6 is 0 Å². The minimum absolute atomic E-state index is 1.22. The van der Waals surface area contributed by atoms with Gasteiger partial charge in [-0.05, 0) is 32.6 Å². The molecule has 1 aromatic rings. The summed E-state index contributed by atoms with van der Waals surface area (Å²) in [7, 11) is 0. The highest BCUT2D eigenvalue weighted by atomic mass is 15.3. The van der Waals surface area contributed by atoms with Crippen molar-refractivity contribution >= 4 is 0 Å². The van der Waals surface area contributed by atoms with E-state index in [0.29, 0.717) is 0 Å². The summed E-state index contributed by atoms with van der Waals surface area (Å²) in [4.78, 5) is 0. The average molecular weight is 305 g/mol. The van der Waals surface area contributed by atoms with E-state index in [9.17, 15) is 0 Å². The summed E-state index contributed by atoms with van der Waals surface area (Å²) in [6.07, 6.45) is 11.0. The van der Waals surface area contributed by atoms with Gasteiger partial charge in [-0.15, -0.1) is 0 Å². The van der Waals surface area contributed by atoms with Gasteiger partial charge in [0.1, 0.15) is 6.54 Å². The van der Waals surface area contributed by atoms with Crippen molar-refractivity contribution in [3.05, 3.63) is 35.9 Å². The summed E-state index contributed by atoms with van der Waals surface area (Å²) in [6, 6.07) is 11.1. The number of unbranched alkanes of at least 4 members (excludes halogenated alkanes) is 6. The first-order chi connectivity index (χ1) is 10.8. The molecule has 0 bridgehead atoms. The first kappa shape index (κ1) is 19.2. The first-order valence-corrected chi connectivity index (χ1v) is 9.65. The van der Waals surface area contributed by atoms with Crippen molar-refractivity contribution in [2.75, 3.05) is 19.6 Å². The summed E-state index contributed by atoms with van der Waals surface area (Å²) >= 11 is 0. The van der Waals surface area contributed by atoms with Crippen LogP contribution in [-0.2, 0) is 6.54 Å². The predicted octanol–water partition coefficient (Wildman–Crippen LogP) is 6.18. The number of hydrogen-bond acceptors (Lipinski definition) is 0. The van der Waals surface area contributed by atoms with Crippen LogP contribution in [0.5, 0.6) is 0 Å². The molecule has 0 atom stereocenters. The Labute approximate surface area is 139 Å². The van der Waals surface area contributed by atoms with Crippen LogP contribution in [0.3, 0.4) is 0 Å². The lowest BCUT2D eigenvalue weighted by Gasteiger charge is -2.38. The molecule has 0 fully saturated rings. The molecule has 0 heterocycles. The molecule has 0 spiro atoms. The highest BCUT2D eigenvalue weighted by Crippen LogP contribution is 2.19. The van der Waals surface area contributed by atoms with Gasteiger partial charge >= 0.3 is 0 Å². The molecule has 1 heteroatoms. The topological polar surface area (TPSA) is 0 Å². The van der Waals surface area contributed by atoms with Crippen LogP contribution in [0.4, 0.5) is 0 Å². The Balaban J connectivity index is 2.62. The van der Waals surface area contributed by atoms with E-state index in [1.807, 2.05) is 0 Å². The Kier molecular flexibility index (Phi) is 10.2. The molecular formula is C21H38N+. The quantitative estimate of drug-likeness (QED) is 0.301. The fraction of sp³-hybridized carbons (Fsp3) is 0.714. The van der Waals surface area contributed by atoms with Gasteiger partial charge in [-0.3, -0.25) is 0 Å². The Hall–Kier alpha value is -0.820. The van der Waals surface area contributed by atoms with Gasteiger partial charge in [-0.1, -0.05) is 69.9 Å². The molecular weight excluding hydrogens is 266 g/mol. The van der Waals surface area contributed by atoms with E-state index in [-0.39, 0.29) is 0 Å². The molecule has 126 valence electrons. The standard InChI is InChI=1S/C21H38N/c1-4-7-9-14-18-22(6-3,19-15-10-8-5-2)20-21-16-12-11-13-17-21/h11-13,16-17H,4-10,14-15,18-20H2,1-3H3/q+1. The smallest absolute Gasteiger partial charge is 0.104 e. The lowest BCUT2D eigenvalue weighted by atomic mass is 10.1. The maximum Gasteiger partial charge on any atom is 0.104 e. The van der Waals surface area contributed by atoms with Crippen LogP contribution in [0, 0.1) is 0 Å². The van der Waals surface area contributed by atoms with Gasteiger partial charge in [0.05, 0.1) is 19.6 Å². The molecule has 1 rings (SSSR count). The minimum Gasteiger partial charge on any atom is -0.320 e. The fourth-order valence-electron chi connectivity index (χ4n) is 3.42. The largest absolute Gasteiger partial charge is 0.320 e. The summed E-state index contributed by atoms with van der Waals surface area (Å²) in [5, 5.41) is 0.